The molecule has 3 heteroatoms. The van der Waals surface area contributed by atoms with Gasteiger partial charge in [0.05, 0.1) is 0 Å². The Hall–Kier alpha value is -1.51. The number of benzene rings is 1. The molecule has 0 spiro atoms. The highest BCUT2D eigenvalue weighted by molar-refractivity contribution is 5.85. The van der Waals surface area contributed by atoms with Gasteiger partial charge in [0.15, 0.2) is 0 Å². The van der Waals surface area contributed by atoms with E-state index >= 15 is 0 Å². The maximum absolute atomic E-state index is 11.1. The number of nitrogens with zero attached hydrogens (tertiary/aromatic N) is 1. The zero-order valence-corrected chi connectivity index (χ0v) is 9.40. The van der Waals surface area contributed by atoms with Gasteiger partial charge in [-0.3, -0.25) is 4.90 Å². The molecule has 0 unspecified atom stereocenters. The van der Waals surface area contributed by atoms with Crippen LogP contribution in [0.3, 0.4) is 0 Å². The quantitative estimate of drug-likeness (QED) is 0.808. The number of carboxylic acid groups (broad SMARTS) is 1. The number of hydrogen-bond donors (Lipinski definition) is 1. The first kappa shape index (κ1) is 11.6. The average molecular weight is 207 g/mol. The minimum Gasteiger partial charge on any atom is -0.465 e. The van der Waals surface area contributed by atoms with E-state index < -0.39 is 6.09 Å². The molecule has 0 aliphatic rings. The van der Waals surface area contributed by atoms with Crippen LogP contribution in [0.25, 0.3) is 0 Å². The highest BCUT2D eigenvalue weighted by Crippen LogP contribution is 2.21. The summed E-state index contributed by atoms with van der Waals surface area (Å²) in [5, 5.41) is 9.12. The zero-order valence-electron chi connectivity index (χ0n) is 9.40. The number of rotatable bonds is 2. The summed E-state index contributed by atoms with van der Waals surface area (Å²) < 4.78 is 0. The van der Waals surface area contributed by atoms with E-state index in [-0.39, 0.29) is 5.41 Å². The van der Waals surface area contributed by atoms with Crippen LogP contribution in [0.15, 0.2) is 30.3 Å². The van der Waals surface area contributed by atoms with Crippen molar-refractivity contribution < 1.29 is 9.90 Å². The molecular weight excluding hydrogens is 190 g/mol. The van der Waals surface area contributed by atoms with E-state index in [1.54, 1.807) is 12.1 Å². The van der Waals surface area contributed by atoms with Gasteiger partial charge < -0.3 is 5.11 Å². The van der Waals surface area contributed by atoms with Gasteiger partial charge in [-0.05, 0) is 17.5 Å². The topological polar surface area (TPSA) is 40.5 Å². The van der Waals surface area contributed by atoms with Crippen molar-refractivity contribution in [1.29, 1.82) is 0 Å². The lowest BCUT2D eigenvalue weighted by atomic mass is 9.96. The van der Waals surface area contributed by atoms with Crippen molar-refractivity contribution in [2.45, 2.75) is 20.8 Å². The van der Waals surface area contributed by atoms with Crippen LogP contribution in [0, 0.1) is 5.41 Å². The molecule has 0 fully saturated rings. The van der Waals surface area contributed by atoms with E-state index in [2.05, 4.69) is 0 Å². The molecule has 82 valence electrons. The summed E-state index contributed by atoms with van der Waals surface area (Å²) in [6.07, 6.45) is -0.906. The molecule has 0 aliphatic heterocycles. The van der Waals surface area contributed by atoms with Gasteiger partial charge in [0.1, 0.15) is 0 Å². The first-order chi connectivity index (χ1) is 6.90. The Morgan fingerprint density at radius 3 is 2.20 bits per heavy atom. The third-order valence-electron chi connectivity index (χ3n) is 1.93. The normalized spacial score (nSPS) is 11.1. The van der Waals surface area contributed by atoms with E-state index in [4.69, 9.17) is 5.11 Å². The van der Waals surface area contributed by atoms with Crippen molar-refractivity contribution in [2.75, 3.05) is 11.4 Å². The highest BCUT2D eigenvalue weighted by atomic mass is 16.4. The van der Waals surface area contributed by atoms with Crippen LogP contribution in [0.1, 0.15) is 20.8 Å². The Kier molecular flexibility index (Phi) is 3.35. The molecule has 3 nitrogen and oxygen atoms in total. The van der Waals surface area contributed by atoms with Crippen molar-refractivity contribution in [3.05, 3.63) is 30.3 Å². The fourth-order valence-electron chi connectivity index (χ4n) is 1.35. The van der Waals surface area contributed by atoms with E-state index in [0.717, 1.165) is 5.69 Å². The van der Waals surface area contributed by atoms with Gasteiger partial charge in [-0.25, -0.2) is 4.79 Å². The third kappa shape index (κ3) is 3.62. The first-order valence-corrected chi connectivity index (χ1v) is 4.96. The van der Waals surface area contributed by atoms with Crippen LogP contribution in [0.2, 0.25) is 0 Å². The lowest BCUT2D eigenvalue weighted by Crippen LogP contribution is -2.36. The second kappa shape index (κ2) is 4.34. The highest BCUT2D eigenvalue weighted by Gasteiger charge is 2.21. The molecule has 0 atom stereocenters. The monoisotopic (exact) mass is 207 g/mol. The van der Waals surface area contributed by atoms with Gasteiger partial charge in [0.25, 0.3) is 0 Å². The van der Waals surface area contributed by atoms with Gasteiger partial charge >= 0.3 is 6.09 Å². The van der Waals surface area contributed by atoms with Crippen molar-refractivity contribution in [3.63, 3.8) is 0 Å². The summed E-state index contributed by atoms with van der Waals surface area (Å²) in [7, 11) is 0. The lowest BCUT2D eigenvalue weighted by molar-refractivity contribution is 0.198. The van der Waals surface area contributed by atoms with Crippen LogP contribution >= 0.6 is 0 Å². The van der Waals surface area contributed by atoms with E-state index in [0.29, 0.717) is 6.54 Å². The fraction of sp³-hybridized carbons (Fsp3) is 0.417. The average Bonchev–Trinajstić information content (AvgIpc) is 2.14. The summed E-state index contributed by atoms with van der Waals surface area (Å²) in [5.74, 6) is 0. The van der Waals surface area contributed by atoms with Crippen LogP contribution in [-0.2, 0) is 0 Å². The van der Waals surface area contributed by atoms with Crippen LogP contribution in [0.4, 0.5) is 10.5 Å². The standard InChI is InChI=1S/C12H17NO2/c1-12(2,3)9-13(11(14)15)10-7-5-4-6-8-10/h4-8H,9H2,1-3H3,(H,14,15). The fourth-order valence-corrected chi connectivity index (χ4v) is 1.35. The second-order valence-corrected chi connectivity index (χ2v) is 4.76. The van der Waals surface area contributed by atoms with E-state index in [1.165, 1.54) is 4.90 Å². The Bertz CT molecular complexity index is 327. The summed E-state index contributed by atoms with van der Waals surface area (Å²) in [4.78, 5) is 12.5. The summed E-state index contributed by atoms with van der Waals surface area (Å²) in [5.41, 5.74) is 0.675. The molecule has 0 radical (unpaired) electrons. The number of para-hydroxylation sites is 1. The molecule has 1 aromatic rings. The maximum Gasteiger partial charge on any atom is 0.411 e. The van der Waals surface area contributed by atoms with E-state index in [1.807, 2.05) is 39.0 Å². The Labute approximate surface area is 90.3 Å². The van der Waals surface area contributed by atoms with Crippen molar-refractivity contribution >= 4 is 11.8 Å². The number of anilines is 1. The molecule has 1 amide bonds. The second-order valence-electron chi connectivity index (χ2n) is 4.76. The predicted octanol–water partition coefficient (Wildman–Crippen LogP) is 3.22. The molecule has 0 aliphatic carbocycles. The largest absolute Gasteiger partial charge is 0.465 e. The molecular formula is C12H17NO2. The molecule has 0 aromatic heterocycles. The molecule has 1 aromatic carbocycles. The minimum atomic E-state index is -0.906. The van der Waals surface area contributed by atoms with Gasteiger partial charge in [-0.1, -0.05) is 39.0 Å². The Balaban J connectivity index is 2.90. The predicted molar refractivity (Wildman–Crippen MR) is 61.3 cm³/mol. The maximum atomic E-state index is 11.1. The van der Waals surface area contributed by atoms with Gasteiger partial charge in [-0.15, -0.1) is 0 Å². The van der Waals surface area contributed by atoms with Crippen LogP contribution < -0.4 is 4.90 Å². The molecule has 1 rings (SSSR count). The Morgan fingerprint density at radius 2 is 1.80 bits per heavy atom. The van der Waals surface area contributed by atoms with Crippen molar-refractivity contribution in [3.8, 4) is 0 Å². The molecule has 15 heavy (non-hydrogen) atoms. The lowest BCUT2D eigenvalue weighted by Gasteiger charge is -2.27. The van der Waals surface area contributed by atoms with Crippen LogP contribution in [0.5, 0.6) is 0 Å². The zero-order chi connectivity index (χ0) is 11.5. The molecule has 0 heterocycles. The Morgan fingerprint density at radius 1 is 1.27 bits per heavy atom. The number of carbonyl (C=O) groups is 1. The van der Waals surface area contributed by atoms with Gasteiger partial charge in [0.2, 0.25) is 0 Å². The molecule has 1 N–H and O–H groups in total. The first-order valence-electron chi connectivity index (χ1n) is 4.96. The molecule has 0 bridgehead atoms. The molecule has 0 saturated heterocycles. The summed E-state index contributed by atoms with van der Waals surface area (Å²) >= 11 is 0. The smallest absolute Gasteiger partial charge is 0.411 e. The van der Waals surface area contributed by atoms with Gasteiger partial charge in [-0.2, -0.15) is 0 Å². The number of amides is 1. The summed E-state index contributed by atoms with van der Waals surface area (Å²) in [6, 6.07) is 9.17. The number of hydrogen-bond acceptors (Lipinski definition) is 1. The third-order valence-corrected chi connectivity index (χ3v) is 1.93. The SMILES string of the molecule is CC(C)(C)CN(C(=O)O)c1ccccc1. The summed E-state index contributed by atoms with van der Waals surface area (Å²) in [6.45, 7) is 6.55. The van der Waals surface area contributed by atoms with Crippen molar-refractivity contribution in [1.82, 2.24) is 0 Å². The van der Waals surface area contributed by atoms with Gasteiger partial charge in [0, 0.05) is 12.2 Å². The minimum absolute atomic E-state index is 0.0474. The van der Waals surface area contributed by atoms with E-state index in [9.17, 15) is 4.79 Å². The van der Waals surface area contributed by atoms with Crippen LogP contribution in [-0.4, -0.2) is 17.7 Å². The van der Waals surface area contributed by atoms with Crippen molar-refractivity contribution in [2.24, 2.45) is 5.41 Å². The molecule has 0 saturated carbocycles.